The first-order valence-corrected chi connectivity index (χ1v) is 10.1. The number of aromatic nitrogens is 3. The Morgan fingerprint density at radius 2 is 1.93 bits per heavy atom. The lowest BCUT2D eigenvalue weighted by Gasteiger charge is -2.27. The van der Waals surface area contributed by atoms with Gasteiger partial charge in [-0.1, -0.05) is 29.3 Å². The van der Waals surface area contributed by atoms with E-state index in [0.29, 0.717) is 21.7 Å². The molecule has 2 fully saturated rings. The molecule has 7 nitrogen and oxygen atoms in total. The third-order valence-corrected chi connectivity index (χ3v) is 6.00. The van der Waals surface area contributed by atoms with E-state index < -0.39 is 42.2 Å². The molecule has 2 aliphatic rings. The number of hydrogen-bond donors (Lipinski definition) is 1. The number of fused-ring (bicyclic) bond motifs is 2. The maximum atomic E-state index is 14.0. The van der Waals surface area contributed by atoms with Crippen molar-refractivity contribution in [2.45, 2.75) is 50.3 Å². The molecule has 4 heterocycles. The van der Waals surface area contributed by atoms with Gasteiger partial charge in [0.1, 0.15) is 47.4 Å². The summed E-state index contributed by atoms with van der Waals surface area (Å²) in [4.78, 5) is 8.30. The molecule has 0 bridgehead atoms. The van der Waals surface area contributed by atoms with E-state index in [-0.39, 0.29) is 5.02 Å². The Morgan fingerprint density at radius 1 is 1.17 bits per heavy atom. The van der Waals surface area contributed by atoms with Crippen molar-refractivity contribution in [2.24, 2.45) is 0 Å². The van der Waals surface area contributed by atoms with Gasteiger partial charge in [-0.3, -0.25) is 0 Å². The third kappa shape index (κ3) is 3.19. The van der Waals surface area contributed by atoms with Crippen LogP contribution in [0.25, 0.3) is 11.0 Å². The van der Waals surface area contributed by atoms with E-state index in [2.05, 4.69) is 9.97 Å². The van der Waals surface area contributed by atoms with Crippen molar-refractivity contribution in [1.82, 2.24) is 14.5 Å². The predicted octanol–water partition coefficient (Wildman–Crippen LogP) is 4.03. The summed E-state index contributed by atoms with van der Waals surface area (Å²) in [6.07, 6.45) is -0.583. The molecule has 3 aromatic rings. The minimum Gasteiger partial charge on any atom is -0.386 e. The smallest absolute Gasteiger partial charge is 0.164 e. The second-order valence-electron chi connectivity index (χ2n) is 7.80. The number of hydrogen-bond acceptors (Lipinski definition) is 6. The molecule has 2 saturated heterocycles. The monoisotopic (exact) mass is 453 g/mol. The molecule has 0 amide bonds. The summed E-state index contributed by atoms with van der Waals surface area (Å²) in [6, 6.07) is 5.93. The van der Waals surface area contributed by atoms with Crippen LogP contribution in [0, 0.1) is 5.82 Å². The van der Waals surface area contributed by atoms with Crippen LogP contribution in [0.3, 0.4) is 0 Å². The van der Waals surface area contributed by atoms with Crippen LogP contribution in [-0.4, -0.2) is 43.7 Å². The molecule has 2 aromatic heterocycles. The fourth-order valence-electron chi connectivity index (χ4n) is 4.12. The summed E-state index contributed by atoms with van der Waals surface area (Å²) in [5, 5.41) is 12.0. The molecular weight excluding hydrogens is 436 g/mol. The summed E-state index contributed by atoms with van der Waals surface area (Å²) >= 11 is 11.9. The molecule has 158 valence electrons. The van der Waals surface area contributed by atoms with Gasteiger partial charge in [0.05, 0.1) is 10.4 Å². The molecule has 30 heavy (non-hydrogen) atoms. The lowest BCUT2D eigenvalue weighted by Crippen LogP contribution is -2.34. The highest BCUT2D eigenvalue weighted by atomic mass is 35.5. The summed E-state index contributed by atoms with van der Waals surface area (Å²) < 4.78 is 34.1. The highest BCUT2D eigenvalue weighted by molar-refractivity contribution is 6.33. The standard InChI is InChI=1S/C20H18Cl2FN3O4/c1-20(2)29-15-14(13(27)9-3-4-11(21)12(23)7-9)28-19(16(15)30-20)26-6-5-10-17(22)24-8-25-18(10)26/h3-8,13-16,19,27H,1-2H3/t13-,14-,15-,16-,19-/m1/s1. The Morgan fingerprint density at radius 3 is 2.70 bits per heavy atom. The van der Waals surface area contributed by atoms with Gasteiger partial charge >= 0.3 is 0 Å². The first-order chi connectivity index (χ1) is 14.2. The van der Waals surface area contributed by atoms with Crippen molar-refractivity contribution in [1.29, 1.82) is 0 Å². The minimum absolute atomic E-state index is 0.0222. The molecule has 0 saturated carbocycles. The molecule has 5 rings (SSSR count). The number of halogens is 3. The van der Waals surface area contributed by atoms with Crippen LogP contribution < -0.4 is 0 Å². The van der Waals surface area contributed by atoms with Crippen LogP contribution in [-0.2, 0) is 14.2 Å². The molecule has 0 radical (unpaired) electrons. The van der Waals surface area contributed by atoms with Crippen LogP contribution in [0.2, 0.25) is 10.2 Å². The van der Waals surface area contributed by atoms with Crippen molar-refractivity contribution in [3.8, 4) is 0 Å². The summed E-state index contributed by atoms with van der Waals surface area (Å²) in [7, 11) is 0. The normalized spacial score (nSPS) is 28.7. The van der Waals surface area contributed by atoms with Gasteiger partial charge in [-0.2, -0.15) is 0 Å². The maximum absolute atomic E-state index is 14.0. The van der Waals surface area contributed by atoms with Crippen LogP contribution in [0.15, 0.2) is 36.8 Å². The van der Waals surface area contributed by atoms with E-state index in [1.165, 1.54) is 18.5 Å². The van der Waals surface area contributed by atoms with E-state index in [1.807, 2.05) is 0 Å². The number of nitrogens with zero attached hydrogens (tertiary/aromatic N) is 3. The maximum Gasteiger partial charge on any atom is 0.164 e. The second kappa shape index (κ2) is 7.12. The topological polar surface area (TPSA) is 78.6 Å². The van der Waals surface area contributed by atoms with Crippen molar-refractivity contribution >= 4 is 34.2 Å². The highest BCUT2D eigenvalue weighted by Gasteiger charge is 2.58. The largest absolute Gasteiger partial charge is 0.386 e. The van der Waals surface area contributed by atoms with Crippen LogP contribution in [0.4, 0.5) is 4.39 Å². The number of benzene rings is 1. The van der Waals surface area contributed by atoms with Gasteiger partial charge < -0.3 is 23.9 Å². The van der Waals surface area contributed by atoms with E-state index in [4.69, 9.17) is 37.4 Å². The van der Waals surface area contributed by atoms with E-state index >= 15 is 0 Å². The molecule has 0 aliphatic carbocycles. The van der Waals surface area contributed by atoms with E-state index in [0.717, 1.165) is 0 Å². The zero-order chi connectivity index (χ0) is 21.2. The number of aliphatic hydroxyl groups excluding tert-OH is 1. The summed E-state index contributed by atoms with van der Waals surface area (Å²) in [6.45, 7) is 3.58. The lowest BCUT2D eigenvalue weighted by molar-refractivity contribution is -0.207. The van der Waals surface area contributed by atoms with Crippen LogP contribution in [0.5, 0.6) is 0 Å². The summed E-state index contributed by atoms with van der Waals surface area (Å²) in [5.41, 5.74) is 0.900. The van der Waals surface area contributed by atoms with Gasteiger partial charge in [0.15, 0.2) is 12.0 Å². The average Bonchev–Trinajstić information content (AvgIpc) is 3.34. The molecule has 0 spiro atoms. The van der Waals surface area contributed by atoms with Gasteiger partial charge in [0.25, 0.3) is 0 Å². The van der Waals surface area contributed by atoms with E-state index in [9.17, 15) is 9.50 Å². The lowest BCUT2D eigenvalue weighted by atomic mass is 9.99. The zero-order valence-corrected chi connectivity index (χ0v) is 17.5. The van der Waals surface area contributed by atoms with Crippen molar-refractivity contribution in [2.75, 3.05) is 0 Å². The predicted molar refractivity (Wildman–Crippen MR) is 107 cm³/mol. The molecule has 10 heteroatoms. The van der Waals surface area contributed by atoms with Gasteiger partial charge in [0.2, 0.25) is 0 Å². The highest BCUT2D eigenvalue weighted by Crippen LogP contribution is 2.47. The number of rotatable bonds is 3. The van der Waals surface area contributed by atoms with Crippen LogP contribution >= 0.6 is 23.2 Å². The van der Waals surface area contributed by atoms with Crippen LogP contribution in [0.1, 0.15) is 31.7 Å². The molecule has 1 N–H and O–H groups in total. The van der Waals surface area contributed by atoms with Gasteiger partial charge in [-0.15, -0.1) is 0 Å². The average molecular weight is 454 g/mol. The number of ether oxygens (including phenoxy) is 3. The Labute approximate surface area is 181 Å². The van der Waals surface area contributed by atoms with E-state index in [1.54, 1.807) is 36.7 Å². The molecule has 5 atom stereocenters. The van der Waals surface area contributed by atoms with Gasteiger partial charge in [-0.25, -0.2) is 14.4 Å². The first kappa shape index (κ1) is 20.1. The second-order valence-corrected chi connectivity index (χ2v) is 8.56. The molecule has 0 unspecified atom stereocenters. The van der Waals surface area contributed by atoms with Gasteiger partial charge in [-0.05, 0) is 37.6 Å². The Bertz CT molecular complexity index is 1120. The Balaban J connectivity index is 1.54. The summed E-state index contributed by atoms with van der Waals surface area (Å²) in [5.74, 6) is -1.50. The zero-order valence-electron chi connectivity index (χ0n) is 16.0. The fraction of sp³-hybridized carbons (Fsp3) is 0.400. The Hall–Kier alpha value is -1.81. The van der Waals surface area contributed by atoms with Crippen molar-refractivity contribution in [3.63, 3.8) is 0 Å². The number of aliphatic hydroxyl groups is 1. The SMILES string of the molecule is CC1(C)O[C@H]2[C@@H](O1)[C@H](n1ccc3c(Cl)ncnc31)O[C@@H]2[C@H](O)c1ccc(Cl)c(F)c1. The molecule has 1 aromatic carbocycles. The van der Waals surface area contributed by atoms with Crippen molar-refractivity contribution < 1.29 is 23.7 Å². The van der Waals surface area contributed by atoms with Gasteiger partial charge in [0, 0.05) is 6.20 Å². The minimum atomic E-state index is -1.16. The molecule has 2 aliphatic heterocycles. The fourth-order valence-corrected chi connectivity index (χ4v) is 4.43. The Kier molecular flexibility index (Phi) is 4.77. The third-order valence-electron chi connectivity index (χ3n) is 5.40. The first-order valence-electron chi connectivity index (χ1n) is 9.36. The quantitative estimate of drug-likeness (QED) is 0.603. The van der Waals surface area contributed by atoms with Crippen molar-refractivity contribution in [3.05, 3.63) is 58.3 Å². The molecular formula is C20H18Cl2FN3O4.